The summed E-state index contributed by atoms with van der Waals surface area (Å²) in [6.07, 6.45) is 3.93. The lowest BCUT2D eigenvalue weighted by Crippen LogP contribution is -2.42. The van der Waals surface area contributed by atoms with Gasteiger partial charge in [-0.2, -0.15) is 4.98 Å². The average Bonchev–Trinajstić information content (AvgIpc) is 3.22. The maximum Gasteiger partial charge on any atom is 0.229 e. The maximum absolute atomic E-state index is 12.2. The van der Waals surface area contributed by atoms with Crippen LogP contribution >= 0.6 is 11.6 Å². The van der Waals surface area contributed by atoms with Crippen molar-refractivity contribution in [3.05, 3.63) is 46.6 Å². The first-order chi connectivity index (χ1) is 13.1. The van der Waals surface area contributed by atoms with Gasteiger partial charge >= 0.3 is 0 Å². The first-order valence-electron chi connectivity index (χ1n) is 9.65. The Bertz CT molecular complexity index is 788. The third-order valence-corrected chi connectivity index (χ3v) is 5.65. The Morgan fingerprint density at radius 1 is 1.30 bits per heavy atom. The van der Waals surface area contributed by atoms with Crippen molar-refractivity contribution in [3.8, 4) is 0 Å². The zero-order chi connectivity index (χ0) is 18.8. The molecule has 2 aromatic rings. The van der Waals surface area contributed by atoms with E-state index in [2.05, 4.69) is 27.2 Å². The molecule has 27 heavy (non-hydrogen) atoms. The normalized spacial score (nSPS) is 20.1. The van der Waals surface area contributed by atoms with Crippen LogP contribution in [0, 0.1) is 0 Å². The van der Waals surface area contributed by atoms with E-state index in [1.165, 1.54) is 5.56 Å². The molecule has 1 atom stereocenters. The van der Waals surface area contributed by atoms with Gasteiger partial charge in [0.2, 0.25) is 11.8 Å². The Balaban J connectivity index is 1.31. The van der Waals surface area contributed by atoms with Gasteiger partial charge in [0.15, 0.2) is 5.82 Å². The van der Waals surface area contributed by atoms with Crippen LogP contribution in [-0.4, -0.2) is 51.5 Å². The summed E-state index contributed by atoms with van der Waals surface area (Å²) < 4.78 is 5.32. The Labute approximate surface area is 164 Å². The highest BCUT2D eigenvalue weighted by molar-refractivity contribution is 6.30. The van der Waals surface area contributed by atoms with Crippen LogP contribution in [0.4, 0.5) is 0 Å². The van der Waals surface area contributed by atoms with Crippen LogP contribution in [0.25, 0.3) is 0 Å². The molecule has 2 fully saturated rings. The van der Waals surface area contributed by atoms with Crippen LogP contribution in [0.5, 0.6) is 0 Å². The molecule has 0 N–H and O–H groups in total. The number of amides is 1. The summed E-state index contributed by atoms with van der Waals surface area (Å²) in [6.45, 7) is 5.05. The number of aromatic nitrogens is 2. The van der Waals surface area contributed by atoms with Crippen LogP contribution in [-0.2, 0) is 17.8 Å². The molecule has 1 unspecified atom stereocenters. The minimum Gasteiger partial charge on any atom is -0.339 e. The number of likely N-dealkylation sites (tertiary alicyclic amines) is 1. The molecule has 1 aliphatic heterocycles. The molecule has 1 saturated carbocycles. The average molecular weight is 389 g/mol. The lowest BCUT2D eigenvalue weighted by atomic mass is 10.2. The summed E-state index contributed by atoms with van der Waals surface area (Å²) in [5.74, 6) is 2.04. The topological polar surface area (TPSA) is 62.5 Å². The zero-order valence-corrected chi connectivity index (χ0v) is 16.4. The Hall–Kier alpha value is -1.92. The summed E-state index contributed by atoms with van der Waals surface area (Å²) in [7, 11) is 0. The first-order valence-corrected chi connectivity index (χ1v) is 10.0. The zero-order valence-electron chi connectivity index (χ0n) is 15.6. The molecule has 144 valence electrons. The van der Waals surface area contributed by atoms with Gasteiger partial charge in [-0.3, -0.25) is 9.69 Å². The monoisotopic (exact) mass is 388 g/mol. The highest BCUT2D eigenvalue weighted by Gasteiger charge is 2.31. The molecule has 0 bridgehead atoms. The van der Waals surface area contributed by atoms with Crippen LogP contribution in [0.3, 0.4) is 0 Å². The van der Waals surface area contributed by atoms with E-state index in [1.54, 1.807) is 6.92 Å². The van der Waals surface area contributed by atoms with E-state index in [4.69, 9.17) is 16.1 Å². The van der Waals surface area contributed by atoms with E-state index in [-0.39, 0.29) is 11.9 Å². The molecule has 0 spiro atoms. The largest absolute Gasteiger partial charge is 0.339 e. The SMILES string of the molecule is CC(=O)N(CCc1noc(C2CC2)n1)C1CCN(Cc2ccc(Cl)cc2)C1. The highest BCUT2D eigenvalue weighted by Crippen LogP contribution is 2.38. The highest BCUT2D eigenvalue weighted by atomic mass is 35.5. The first kappa shape index (κ1) is 18.4. The van der Waals surface area contributed by atoms with Crippen molar-refractivity contribution in [2.75, 3.05) is 19.6 Å². The second-order valence-corrected chi connectivity index (χ2v) is 8.03. The molecular formula is C20H25ClN4O2. The Kier molecular flexibility index (Phi) is 5.45. The Morgan fingerprint density at radius 3 is 2.78 bits per heavy atom. The predicted octanol–water partition coefficient (Wildman–Crippen LogP) is 3.27. The molecule has 1 aromatic carbocycles. The maximum atomic E-state index is 12.2. The quantitative estimate of drug-likeness (QED) is 0.728. The Morgan fingerprint density at radius 2 is 2.07 bits per heavy atom. The fourth-order valence-electron chi connectivity index (χ4n) is 3.74. The number of carbonyl (C=O) groups excluding carboxylic acids is 1. The molecule has 4 rings (SSSR count). The fourth-order valence-corrected chi connectivity index (χ4v) is 3.87. The van der Waals surface area contributed by atoms with Gasteiger partial charge in [0.25, 0.3) is 0 Å². The molecule has 2 heterocycles. The summed E-state index contributed by atoms with van der Waals surface area (Å²) in [5.41, 5.74) is 1.24. The number of rotatable bonds is 7. The van der Waals surface area contributed by atoms with Crippen molar-refractivity contribution >= 4 is 17.5 Å². The molecule has 6 nitrogen and oxygen atoms in total. The van der Waals surface area contributed by atoms with Gasteiger partial charge in [-0.1, -0.05) is 28.9 Å². The molecule has 1 aliphatic carbocycles. The standard InChI is InChI=1S/C20H25ClN4O2/c1-14(26)25(11-9-19-22-20(27-23-19)16-4-5-16)18-8-10-24(13-18)12-15-2-6-17(21)7-3-15/h2-3,6-7,16,18H,4-5,8-13H2,1H3. The predicted molar refractivity (Wildman–Crippen MR) is 102 cm³/mol. The van der Waals surface area contributed by atoms with Crippen LogP contribution in [0.2, 0.25) is 5.02 Å². The van der Waals surface area contributed by atoms with Crippen molar-refractivity contribution in [3.63, 3.8) is 0 Å². The van der Waals surface area contributed by atoms with Gasteiger partial charge in [-0.15, -0.1) is 0 Å². The minimum atomic E-state index is 0.110. The van der Waals surface area contributed by atoms with E-state index in [9.17, 15) is 4.79 Å². The molecular weight excluding hydrogens is 364 g/mol. The number of nitrogens with zero attached hydrogens (tertiary/aromatic N) is 4. The summed E-state index contributed by atoms with van der Waals surface area (Å²) in [6, 6.07) is 8.21. The second-order valence-electron chi connectivity index (χ2n) is 7.59. The van der Waals surface area contributed by atoms with Crippen LogP contribution < -0.4 is 0 Å². The molecule has 2 aliphatic rings. The third kappa shape index (κ3) is 4.68. The van der Waals surface area contributed by atoms with Gasteiger partial charge in [0, 0.05) is 56.5 Å². The molecule has 0 radical (unpaired) electrons. The minimum absolute atomic E-state index is 0.110. The van der Waals surface area contributed by atoms with E-state index < -0.39 is 0 Å². The summed E-state index contributed by atoms with van der Waals surface area (Å²) in [4.78, 5) is 21.0. The van der Waals surface area contributed by atoms with Gasteiger partial charge in [0.05, 0.1) is 0 Å². The third-order valence-electron chi connectivity index (χ3n) is 5.40. The number of halogens is 1. The van der Waals surface area contributed by atoms with Gasteiger partial charge < -0.3 is 9.42 Å². The number of hydrogen-bond donors (Lipinski definition) is 0. The van der Waals surface area contributed by atoms with E-state index >= 15 is 0 Å². The fraction of sp³-hybridized carbons (Fsp3) is 0.550. The lowest BCUT2D eigenvalue weighted by molar-refractivity contribution is -0.130. The smallest absolute Gasteiger partial charge is 0.229 e. The van der Waals surface area contributed by atoms with Gasteiger partial charge in [-0.25, -0.2) is 0 Å². The van der Waals surface area contributed by atoms with Crippen LogP contribution in [0.1, 0.15) is 49.4 Å². The van der Waals surface area contributed by atoms with Gasteiger partial charge in [-0.05, 0) is 37.0 Å². The molecule has 1 saturated heterocycles. The summed E-state index contributed by atoms with van der Waals surface area (Å²) >= 11 is 5.96. The molecule has 1 aromatic heterocycles. The van der Waals surface area contributed by atoms with E-state index in [0.29, 0.717) is 24.7 Å². The number of benzene rings is 1. The number of hydrogen-bond acceptors (Lipinski definition) is 5. The van der Waals surface area contributed by atoms with Crippen molar-refractivity contribution in [1.29, 1.82) is 0 Å². The molecule has 7 heteroatoms. The van der Waals surface area contributed by atoms with E-state index in [1.807, 2.05) is 17.0 Å². The summed E-state index contributed by atoms with van der Waals surface area (Å²) in [5, 5.41) is 4.82. The number of carbonyl (C=O) groups is 1. The van der Waals surface area contributed by atoms with Crippen molar-refractivity contribution in [2.45, 2.75) is 51.1 Å². The van der Waals surface area contributed by atoms with Crippen molar-refractivity contribution in [1.82, 2.24) is 19.9 Å². The molecule has 1 amide bonds. The van der Waals surface area contributed by atoms with Crippen LogP contribution in [0.15, 0.2) is 28.8 Å². The van der Waals surface area contributed by atoms with Gasteiger partial charge in [0.1, 0.15) is 0 Å². The second kappa shape index (κ2) is 7.98. The van der Waals surface area contributed by atoms with Crippen molar-refractivity contribution in [2.24, 2.45) is 0 Å². The van der Waals surface area contributed by atoms with Crippen molar-refractivity contribution < 1.29 is 9.32 Å². The van der Waals surface area contributed by atoms with E-state index in [0.717, 1.165) is 49.8 Å². The lowest BCUT2D eigenvalue weighted by Gasteiger charge is -2.28.